The molecule has 3 aromatic rings. The highest BCUT2D eigenvalue weighted by molar-refractivity contribution is 5.99. The highest BCUT2D eigenvalue weighted by atomic mass is 16.4. The number of aromatic hydroxyl groups is 2. The van der Waals surface area contributed by atoms with Gasteiger partial charge in [0.05, 0.1) is 25.3 Å². The molecule has 0 radical (unpaired) electrons. The van der Waals surface area contributed by atoms with Gasteiger partial charge < -0.3 is 91.0 Å². The van der Waals surface area contributed by atoms with E-state index in [0.717, 1.165) is 0 Å². The maximum Gasteiger partial charge on any atom is 0.326 e. The predicted octanol–water partition coefficient (Wildman–Crippen LogP) is -2.85. The second kappa shape index (κ2) is 35.7. The number of carboxylic acid groups (broad SMARTS) is 3. The highest BCUT2D eigenvalue weighted by Crippen LogP contribution is 2.16. The quantitative estimate of drug-likeness (QED) is 0.0257. The van der Waals surface area contributed by atoms with Gasteiger partial charge in [-0.1, -0.05) is 68.4 Å². The van der Waals surface area contributed by atoms with Gasteiger partial charge in [0.2, 0.25) is 53.2 Å². The van der Waals surface area contributed by atoms with Crippen LogP contribution in [0.1, 0.15) is 88.3 Å². The molecule has 21 N–H and O–H groups in total. The van der Waals surface area contributed by atoms with Crippen molar-refractivity contribution in [2.24, 2.45) is 28.9 Å². The number of nitrogens with two attached hydrogens (primary N) is 4. The molecule has 0 bridgehead atoms. The average Bonchev–Trinajstić information content (AvgIpc) is 3.60. The monoisotopic (exact) mass is 1190 g/mol. The molecular weight excluding hydrogens is 1110 g/mol. The van der Waals surface area contributed by atoms with Crippen LogP contribution in [0.15, 0.2) is 78.9 Å². The van der Waals surface area contributed by atoms with Gasteiger partial charge in [0.15, 0.2) is 0 Å². The Labute approximate surface area is 489 Å². The van der Waals surface area contributed by atoms with Gasteiger partial charge in [-0.2, -0.15) is 0 Å². The van der Waals surface area contributed by atoms with E-state index in [4.69, 9.17) is 22.9 Å². The zero-order valence-electron chi connectivity index (χ0n) is 47.1. The van der Waals surface area contributed by atoms with E-state index in [0.29, 0.717) is 29.5 Å². The van der Waals surface area contributed by atoms with Crippen LogP contribution in [-0.4, -0.2) is 164 Å². The molecule has 9 atom stereocenters. The molecule has 0 spiro atoms. The summed E-state index contributed by atoms with van der Waals surface area (Å²) in [7, 11) is 0. The fraction of sp³-hybridized carbons (Fsp3) is 0.464. The lowest BCUT2D eigenvalue weighted by Crippen LogP contribution is -2.61. The Balaban J connectivity index is 2.02. The Hall–Kier alpha value is -9.22. The van der Waals surface area contributed by atoms with Crippen molar-refractivity contribution >= 4 is 71.1 Å². The molecule has 9 amide bonds. The van der Waals surface area contributed by atoms with Gasteiger partial charge in [-0.25, -0.2) is 4.79 Å². The van der Waals surface area contributed by atoms with Crippen molar-refractivity contribution < 1.29 is 83.1 Å². The number of aliphatic carboxylic acids is 3. The van der Waals surface area contributed by atoms with Gasteiger partial charge >= 0.3 is 17.9 Å². The zero-order valence-corrected chi connectivity index (χ0v) is 47.1. The summed E-state index contributed by atoms with van der Waals surface area (Å²) in [5, 5.41) is 68.7. The van der Waals surface area contributed by atoms with Crippen LogP contribution in [-0.2, 0) is 76.8 Å². The largest absolute Gasteiger partial charge is 0.508 e. The second-order valence-corrected chi connectivity index (χ2v) is 20.5. The Morgan fingerprint density at radius 1 is 0.412 bits per heavy atom. The molecule has 0 unspecified atom stereocenters. The number of unbranched alkanes of at least 4 members (excludes halogenated alkanes) is 2. The van der Waals surface area contributed by atoms with Gasteiger partial charge in [0, 0.05) is 19.3 Å². The molecule has 0 aliphatic heterocycles. The van der Waals surface area contributed by atoms with Crippen LogP contribution in [0, 0.1) is 5.92 Å². The summed E-state index contributed by atoms with van der Waals surface area (Å²) in [6.07, 6.45) is -2.75. The number of carbonyl (C=O) groups is 12. The number of phenolic OH excluding ortho intramolecular Hbond substituents is 2. The molecule has 0 aromatic heterocycles. The van der Waals surface area contributed by atoms with Crippen molar-refractivity contribution in [1.29, 1.82) is 0 Å². The molecule has 0 saturated heterocycles. The zero-order chi connectivity index (χ0) is 63.3. The molecule has 0 aliphatic rings. The van der Waals surface area contributed by atoms with Crippen LogP contribution in [0.3, 0.4) is 0 Å². The first kappa shape index (κ1) is 70.0. The van der Waals surface area contributed by atoms with Gasteiger partial charge in [0.25, 0.3) is 0 Å². The van der Waals surface area contributed by atoms with Crippen molar-refractivity contribution in [2.45, 2.75) is 145 Å². The number of benzene rings is 3. The Kier molecular flexibility index (Phi) is 29.4. The Morgan fingerprint density at radius 2 is 0.729 bits per heavy atom. The fourth-order valence-corrected chi connectivity index (χ4v) is 8.49. The molecule has 0 fully saturated rings. The number of rotatable bonds is 38. The third-order valence-corrected chi connectivity index (χ3v) is 13.1. The third-order valence-electron chi connectivity index (χ3n) is 13.1. The van der Waals surface area contributed by atoms with Crippen molar-refractivity contribution in [3.63, 3.8) is 0 Å². The first-order valence-electron chi connectivity index (χ1n) is 27.3. The molecular formula is C56H78N12O17. The number of carbonyl (C=O) groups excluding carboxylic acids is 9. The lowest BCUT2D eigenvalue weighted by Gasteiger charge is -2.28. The van der Waals surface area contributed by atoms with E-state index in [-0.39, 0.29) is 69.5 Å². The lowest BCUT2D eigenvalue weighted by molar-refractivity contribution is -0.144. The minimum absolute atomic E-state index is 0.119. The normalized spacial score (nSPS) is 14.2. The van der Waals surface area contributed by atoms with Crippen molar-refractivity contribution in [1.82, 2.24) is 42.5 Å². The van der Waals surface area contributed by atoms with Crippen molar-refractivity contribution in [2.75, 3.05) is 13.1 Å². The number of primary amides is 1. The predicted molar refractivity (Wildman–Crippen MR) is 304 cm³/mol. The van der Waals surface area contributed by atoms with E-state index in [1.54, 1.807) is 30.3 Å². The molecule has 29 heteroatoms. The smallest absolute Gasteiger partial charge is 0.326 e. The van der Waals surface area contributed by atoms with Crippen LogP contribution in [0.5, 0.6) is 11.5 Å². The summed E-state index contributed by atoms with van der Waals surface area (Å²) in [5.74, 6) is -14.9. The van der Waals surface area contributed by atoms with Gasteiger partial charge in [-0.05, 0) is 98.5 Å². The molecule has 0 aliphatic carbocycles. The van der Waals surface area contributed by atoms with Crippen molar-refractivity contribution in [3.05, 3.63) is 95.6 Å². The maximum atomic E-state index is 14.6. The third kappa shape index (κ3) is 25.4. The molecule has 3 aromatic carbocycles. The topological polar surface area (TPSA) is 506 Å². The van der Waals surface area contributed by atoms with Crippen LogP contribution >= 0.6 is 0 Å². The molecule has 3 rings (SSSR count). The van der Waals surface area contributed by atoms with Gasteiger partial charge in [-0.15, -0.1) is 0 Å². The summed E-state index contributed by atoms with van der Waals surface area (Å²) in [4.78, 5) is 160. The van der Waals surface area contributed by atoms with Crippen LogP contribution in [0.4, 0.5) is 0 Å². The van der Waals surface area contributed by atoms with Gasteiger partial charge in [0.1, 0.15) is 59.8 Å². The standard InChI is InChI=1S/C56H78N12O17/c1-30(2)47(56(84)85)68-55(83)43(29-46(74)75)67-53(81)40(24-31-10-4-3-5-11-31)65-52(80)41(26-33-16-20-35(70)21-17-33)64-50(78)38(13-7-9-23-58)61-49(77)37(12-6-8-22-57)62-54(82)42(28-45(72)73)66-51(79)39(25-32-14-18-34(69)19-15-32)63-48(76)36(59)27-44(60)71/h3-5,10-11,14-21,30,36-43,47,69-70H,6-9,12-13,22-29,57-59H2,1-2H3,(H2,60,71)(H,61,77)(H,62,82)(H,63,76)(H,64,78)(H,65,80)(H,66,79)(H,67,81)(H,68,83)(H,72,73)(H,74,75)(H,84,85)/t36-,37-,38-,39-,40-,41-,42-,43-,47-/m0/s1. The first-order valence-corrected chi connectivity index (χ1v) is 27.3. The summed E-state index contributed by atoms with van der Waals surface area (Å²) in [5.41, 5.74) is 23.8. The summed E-state index contributed by atoms with van der Waals surface area (Å²) >= 11 is 0. The van der Waals surface area contributed by atoms with Crippen LogP contribution in [0.25, 0.3) is 0 Å². The molecule has 0 saturated carbocycles. The maximum absolute atomic E-state index is 14.6. The molecule has 29 nitrogen and oxygen atoms in total. The first-order chi connectivity index (χ1) is 40.2. The summed E-state index contributed by atoms with van der Waals surface area (Å²) < 4.78 is 0. The van der Waals surface area contributed by atoms with Crippen LogP contribution in [0.2, 0.25) is 0 Å². The fourth-order valence-electron chi connectivity index (χ4n) is 8.49. The second-order valence-electron chi connectivity index (χ2n) is 20.5. The number of hydrogen-bond donors (Lipinski definition) is 17. The number of hydrogen-bond acceptors (Lipinski definition) is 17. The summed E-state index contributed by atoms with van der Waals surface area (Å²) in [6, 6.07) is 4.52. The lowest BCUT2D eigenvalue weighted by atomic mass is 10.0. The Morgan fingerprint density at radius 3 is 1.07 bits per heavy atom. The van der Waals surface area contributed by atoms with Gasteiger partial charge in [-0.3, -0.25) is 52.7 Å². The van der Waals surface area contributed by atoms with Crippen LogP contribution < -0.4 is 65.5 Å². The summed E-state index contributed by atoms with van der Waals surface area (Å²) in [6.45, 7) is 3.29. The number of carboxylic acids is 3. The Bertz CT molecular complexity index is 2770. The number of amides is 9. The minimum atomic E-state index is -1.92. The minimum Gasteiger partial charge on any atom is -0.508 e. The molecule has 464 valence electrons. The number of nitrogens with one attached hydrogen (secondary N) is 8. The van der Waals surface area contributed by atoms with E-state index in [9.17, 15) is 83.1 Å². The number of phenols is 2. The highest BCUT2D eigenvalue weighted by Gasteiger charge is 2.37. The molecule has 0 heterocycles. The average molecular weight is 1190 g/mol. The van der Waals surface area contributed by atoms with E-state index >= 15 is 0 Å². The van der Waals surface area contributed by atoms with E-state index in [1.165, 1.54) is 62.4 Å². The molecule has 85 heavy (non-hydrogen) atoms. The van der Waals surface area contributed by atoms with Crippen molar-refractivity contribution in [3.8, 4) is 11.5 Å². The van der Waals surface area contributed by atoms with E-state index in [1.807, 2.05) is 0 Å². The SMILES string of the molecule is CC(C)[C@H](NC(=O)[C@H](CC(=O)O)NC(=O)[C@H](Cc1ccccc1)NC(=O)[C@H](Cc1ccc(O)cc1)NC(=O)[C@H](CCCCN)NC(=O)[C@H](CCCCN)NC(=O)[C@H](CC(=O)O)NC(=O)[C@H](Cc1ccc(O)cc1)NC(=O)[C@@H](N)CC(N)=O)C(=O)O. The van der Waals surface area contributed by atoms with E-state index < -0.39 is 151 Å². The van der Waals surface area contributed by atoms with E-state index in [2.05, 4.69) is 42.5 Å².